The van der Waals surface area contributed by atoms with Crippen LogP contribution in [0.25, 0.3) is 0 Å². The summed E-state index contributed by atoms with van der Waals surface area (Å²) in [5, 5.41) is 3.97. The number of nitrogens with one attached hydrogen (secondary N) is 1. The third-order valence-corrected chi connectivity index (χ3v) is 4.79. The van der Waals surface area contributed by atoms with E-state index in [1.807, 2.05) is 30.3 Å². The molecule has 1 aliphatic heterocycles. The van der Waals surface area contributed by atoms with Crippen molar-refractivity contribution in [2.75, 3.05) is 12.4 Å². The highest BCUT2D eigenvalue weighted by Gasteiger charge is 2.38. The fourth-order valence-electron chi connectivity index (χ4n) is 3.27. The molecule has 0 bridgehead atoms. The van der Waals surface area contributed by atoms with Gasteiger partial charge in [0, 0.05) is 17.8 Å². The topological polar surface area (TPSA) is 54.5 Å². The second-order valence-electron chi connectivity index (χ2n) is 6.25. The smallest absolute Gasteiger partial charge is 0.258 e. The molecule has 1 amide bonds. The Morgan fingerprint density at radius 1 is 1.15 bits per heavy atom. The first-order valence-electron chi connectivity index (χ1n) is 8.57. The molecule has 1 aromatic heterocycles. The molecule has 6 heteroatoms. The summed E-state index contributed by atoms with van der Waals surface area (Å²) in [6.07, 6.45) is 1.28. The van der Waals surface area contributed by atoms with Crippen molar-refractivity contribution in [1.82, 2.24) is 9.88 Å². The summed E-state index contributed by atoms with van der Waals surface area (Å²) in [5.41, 5.74) is 3.05. The Hall–Kier alpha value is -3.05. The number of hydrogen-bond acceptors (Lipinski definition) is 4. The van der Waals surface area contributed by atoms with E-state index < -0.39 is 6.17 Å². The van der Waals surface area contributed by atoms with Gasteiger partial charge in [0.15, 0.2) is 0 Å². The van der Waals surface area contributed by atoms with Crippen molar-refractivity contribution in [3.05, 3.63) is 88.7 Å². The predicted octanol–water partition coefficient (Wildman–Crippen LogP) is 4.51. The molecule has 1 aliphatic rings. The molecule has 4 rings (SSSR count). The van der Waals surface area contributed by atoms with Gasteiger partial charge >= 0.3 is 0 Å². The van der Waals surface area contributed by atoms with Crippen LogP contribution in [0, 0.1) is 0 Å². The number of nitrogens with zero attached hydrogens (tertiary/aromatic N) is 2. The van der Waals surface area contributed by atoms with Crippen LogP contribution in [0.1, 0.15) is 27.8 Å². The van der Waals surface area contributed by atoms with Gasteiger partial charge < -0.3 is 15.0 Å². The standard InChI is InChI=1S/C21H18ClN3O2/c1-27-18-10-9-15(22)12-17(18)24-20-19-16(8-5-11-23-19)21(26)25(20)13-14-6-3-2-4-7-14/h2-12,20,24H,13H2,1H3. The molecule has 5 nitrogen and oxygen atoms in total. The molecular weight excluding hydrogens is 362 g/mol. The molecule has 2 aromatic carbocycles. The number of pyridine rings is 1. The number of rotatable bonds is 5. The molecule has 1 atom stereocenters. The molecule has 2 heterocycles. The summed E-state index contributed by atoms with van der Waals surface area (Å²) in [5.74, 6) is 0.594. The number of amides is 1. The SMILES string of the molecule is COc1ccc(Cl)cc1NC1c2ncccc2C(=O)N1Cc1ccccc1. The molecule has 0 saturated heterocycles. The minimum absolute atomic E-state index is 0.0551. The number of aromatic nitrogens is 1. The van der Waals surface area contributed by atoms with Crippen molar-refractivity contribution in [3.8, 4) is 5.75 Å². The lowest BCUT2D eigenvalue weighted by atomic mass is 10.2. The van der Waals surface area contributed by atoms with Gasteiger partial charge in [-0.25, -0.2) is 0 Å². The lowest BCUT2D eigenvalue weighted by molar-refractivity contribution is 0.0727. The second kappa shape index (κ2) is 7.29. The Kier molecular flexibility index (Phi) is 4.69. The summed E-state index contributed by atoms with van der Waals surface area (Å²) in [6, 6.07) is 18.8. The maximum Gasteiger partial charge on any atom is 0.258 e. The van der Waals surface area contributed by atoms with E-state index in [0.29, 0.717) is 34.3 Å². The fourth-order valence-corrected chi connectivity index (χ4v) is 3.44. The van der Waals surface area contributed by atoms with Crippen LogP contribution in [-0.2, 0) is 6.54 Å². The minimum atomic E-state index is -0.415. The van der Waals surface area contributed by atoms with Crippen LogP contribution in [-0.4, -0.2) is 22.9 Å². The maximum atomic E-state index is 13.0. The summed E-state index contributed by atoms with van der Waals surface area (Å²) in [6.45, 7) is 0.469. The molecule has 0 saturated carbocycles. The molecule has 1 N–H and O–H groups in total. The normalized spacial score (nSPS) is 15.6. The van der Waals surface area contributed by atoms with Crippen LogP contribution in [0.2, 0.25) is 5.02 Å². The molecule has 0 fully saturated rings. The van der Waals surface area contributed by atoms with Crippen LogP contribution in [0.5, 0.6) is 5.75 Å². The molecular formula is C21H18ClN3O2. The number of methoxy groups -OCH3 is 1. The van der Waals surface area contributed by atoms with Crippen LogP contribution in [0.4, 0.5) is 5.69 Å². The van der Waals surface area contributed by atoms with Gasteiger partial charge in [-0.05, 0) is 35.9 Å². The van der Waals surface area contributed by atoms with Crippen LogP contribution in [0.15, 0.2) is 66.9 Å². The van der Waals surface area contributed by atoms with Crippen LogP contribution < -0.4 is 10.1 Å². The van der Waals surface area contributed by atoms with E-state index in [1.54, 1.807) is 48.5 Å². The average molecular weight is 380 g/mol. The molecule has 27 heavy (non-hydrogen) atoms. The largest absolute Gasteiger partial charge is 0.495 e. The number of carbonyl (C=O) groups is 1. The number of halogens is 1. The lowest BCUT2D eigenvalue weighted by Gasteiger charge is -2.27. The molecule has 0 radical (unpaired) electrons. The molecule has 3 aromatic rings. The van der Waals surface area contributed by atoms with E-state index in [9.17, 15) is 4.79 Å². The Morgan fingerprint density at radius 3 is 2.74 bits per heavy atom. The van der Waals surface area contributed by atoms with Gasteiger partial charge in [0.05, 0.1) is 24.1 Å². The van der Waals surface area contributed by atoms with Crippen molar-refractivity contribution < 1.29 is 9.53 Å². The molecule has 136 valence electrons. The highest BCUT2D eigenvalue weighted by molar-refractivity contribution is 6.30. The van der Waals surface area contributed by atoms with Gasteiger partial charge in [-0.1, -0.05) is 41.9 Å². The number of anilines is 1. The molecule has 0 spiro atoms. The Bertz CT molecular complexity index is 978. The second-order valence-corrected chi connectivity index (χ2v) is 6.68. The average Bonchev–Trinajstić information content (AvgIpc) is 2.95. The monoisotopic (exact) mass is 379 g/mol. The number of ether oxygens (including phenoxy) is 1. The van der Waals surface area contributed by atoms with E-state index in [4.69, 9.17) is 16.3 Å². The maximum absolute atomic E-state index is 13.0. The van der Waals surface area contributed by atoms with E-state index in [0.717, 1.165) is 5.56 Å². The van der Waals surface area contributed by atoms with Crippen LogP contribution in [0.3, 0.4) is 0 Å². The first-order valence-corrected chi connectivity index (χ1v) is 8.95. The van der Waals surface area contributed by atoms with E-state index in [2.05, 4.69) is 10.3 Å². The van der Waals surface area contributed by atoms with E-state index in [1.165, 1.54) is 0 Å². The predicted molar refractivity (Wildman–Crippen MR) is 105 cm³/mol. The molecule has 0 aliphatic carbocycles. The first kappa shape index (κ1) is 17.4. The highest BCUT2D eigenvalue weighted by Crippen LogP contribution is 2.37. The third-order valence-electron chi connectivity index (χ3n) is 4.55. The lowest BCUT2D eigenvalue weighted by Crippen LogP contribution is -2.32. The highest BCUT2D eigenvalue weighted by atomic mass is 35.5. The van der Waals surface area contributed by atoms with E-state index in [-0.39, 0.29) is 5.91 Å². The summed E-state index contributed by atoms with van der Waals surface area (Å²) in [7, 11) is 1.60. The number of benzene rings is 2. The van der Waals surface area contributed by atoms with E-state index >= 15 is 0 Å². The van der Waals surface area contributed by atoms with Gasteiger partial charge in [0.2, 0.25) is 0 Å². The van der Waals surface area contributed by atoms with Gasteiger partial charge in [-0.3, -0.25) is 9.78 Å². The zero-order valence-electron chi connectivity index (χ0n) is 14.7. The van der Waals surface area contributed by atoms with Crippen molar-refractivity contribution >= 4 is 23.2 Å². The summed E-state index contributed by atoms with van der Waals surface area (Å²) in [4.78, 5) is 19.2. The van der Waals surface area contributed by atoms with Crippen molar-refractivity contribution in [2.24, 2.45) is 0 Å². The first-order chi connectivity index (χ1) is 13.2. The Labute approximate surface area is 162 Å². The summed E-state index contributed by atoms with van der Waals surface area (Å²) < 4.78 is 5.43. The van der Waals surface area contributed by atoms with Crippen molar-refractivity contribution in [1.29, 1.82) is 0 Å². The van der Waals surface area contributed by atoms with Crippen molar-refractivity contribution in [2.45, 2.75) is 12.7 Å². The Morgan fingerprint density at radius 2 is 1.96 bits per heavy atom. The molecule has 1 unspecified atom stereocenters. The van der Waals surface area contributed by atoms with Gasteiger partial charge in [-0.15, -0.1) is 0 Å². The number of carbonyl (C=O) groups excluding carboxylic acids is 1. The number of fused-ring (bicyclic) bond motifs is 1. The zero-order chi connectivity index (χ0) is 18.8. The summed E-state index contributed by atoms with van der Waals surface area (Å²) >= 11 is 6.16. The number of hydrogen-bond donors (Lipinski definition) is 1. The van der Waals surface area contributed by atoms with Crippen molar-refractivity contribution in [3.63, 3.8) is 0 Å². The Balaban J connectivity index is 1.73. The zero-order valence-corrected chi connectivity index (χ0v) is 15.5. The van der Waals surface area contributed by atoms with Gasteiger partial charge in [0.1, 0.15) is 11.9 Å². The third kappa shape index (κ3) is 3.34. The van der Waals surface area contributed by atoms with Gasteiger partial charge in [0.25, 0.3) is 5.91 Å². The minimum Gasteiger partial charge on any atom is -0.495 e. The fraction of sp³-hybridized carbons (Fsp3) is 0.143. The quantitative estimate of drug-likeness (QED) is 0.708. The van der Waals surface area contributed by atoms with Crippen LogP contribution >= 0.6 is 11.6 Å². The van der Waals surface area contributed by atoms with Gasteiger partial charge in [-0.2, -0.15) is 0 Å².